The first-order chi connectivity index (χ1) is 8.97. The predicted molar refractivity (Wildman–Crippen MR) is 69.4 cm³/mol. The zero-order valence-corrected chi connectivity index (χ0v) is 10.5. The van der Waals surface area contributed by atoms with E-state index in [1.54, 1.807) is 0 Å². The Balaban J connectivity index is 1.92. The van der Waals surface area contributed by atoms with Gasteiger partial charge in [0.2, 0.25) is 0 Å². The Bertz CT molecular complexity index is 515. The smallest absolute Gasteiger partial charge is 0.339 e. The molecule has 2 atom stereocenters. The Morgan fingerprint density at radius 1 is 1.42 bits per heavy atom. The summed E-state index contributed by atoms with van der Waals surface area (Å²) in [5, 5.41) is 23.5. The number of urea groups is 1. The van der Waals surface area contributed by atoms with Crippen LogP contribution < -0.4 is 10.6 Å². The zero-order valence-electron chi connectivity index (χ0n) is 10.5. The molecule has 0 aliphatic heterocycles. The Morgan fingerprint density at radius 2 is 2.11 bits per heavy atom. The maximum Gasteiger partial charge on any atom is 0.339 e. The topological polar surface area (TPSA) is 98.7 Å². The van der Waals surface area contributed by atoms with Crippen molar-refractivity contribution in [2.75, 3.05) is 11.9 Å². The lowest BCUT2D eigenvalue weighted by atomic mass is 10.2. The summed E-state index contributed by atoms with van der Waals surface area (Å²) in [7, 11) is 0. The Hall–Kier alpha value is -2.24. The van der Waals surface area contributed by atoms with Gasteiger partial charge in [0.05, 0.1) is 0 Å². The van der Waals surface area contributed by atoms with Gasteiger partial charge in [-0.2, -0.15) is 0 Å². The highest BCUT2D eigenvalue weighted by atomic mass is 16.4. The number of aromatic hydroxyl groups is 1. The Morgan fingerprint density at radius 3 is 2.68 bits per heavy atom. The van der Waals surface area contributed by atoms with Gasteiger partial charge in [-0.25, -0.2) is 9.59 Å². The molecule has 2 rings (SSSR count). The van der Waals surface area contributed by atoms with Crippen molar-refractivity contribution < 1.29 is 19.8 Å². The Labute approximate surface area is 110 Å². The average molecular weight is 264 g/mol. The van der Waals surface area contributed by atoms with Crippen LogP contribution in [-0.2, 0) is 0 Å². The van der Waals surface area contributed by atoms with E-state index in [4.69, 9.17) is 5.11 Å². The Kier molecular flexibility index (Phi) is 3.59. The lowest BCUT2D eigenvalue weighted by molar-refractivity contribution is 0.0693. The molecule has 1 aliphatic carbocycles. The maximum atomic E-state index is 11.6. The average Bonchev–Trinajstić information content (AvgIpc) is 3.05. The van der Waals surface area contributed by atoms with Gasteiger partial charge < -0.3 is 20.8 Å². The first-order valence-electron chi connectivity index (χ1n) is 6.08. The molecule has 4 N–H and O–H groups in total. The van der Waals surface area contributed by atoms with Crippen LogP contribution in [0, 0.1) is 11.8 Å². The molecule has 0 bridgehead atoms. The molecule has 2 amide bonds. The monoisotopic (exact) mass is 264 g/mol. The van der Waals surface area contributed by atoms with E-state index in [0.29, 0.717) is 24.1 Å². The first kappa shape index (κ1) is 13.2. The quantitative estimate of drug-likeness (QED) is 0.624. The molecule has 1 aromatic rings. The number of anilines is 1. The third-order valence-corrected chi connectivity index (χ3v) is 3.29. The van der Waals surface area contributed by atoms with Gasteiger partial charge in [0.25, 0.3) is 0 Å². The number of carbonyl (C=O) groups excluding carboxylic acids is 1. The van der Waals surface area contributed by atoms with Crippen molar-refractivity contribution in [2.24, 2.45) is 11.8 Å². The fraction of sp³-hybridized carbons (Fsp3) is 0.385. The molecular formula is C13H16N2O4. The van der Waals surface area contributed by atoms with Crippen LogP contribution >= 0.6 is 0 Å². The molecule has 1 fully saturated rings. The minimum atomic E-state index is -1.24. The van der Waals surface area contributed by atoms with Gasteiger partial charge in [0.15, 0.2) is 0 Å². The molecule has 0 saturated heterocycles. The second kappa shape index (κ2) is 5.17. The van der Waals surface area contributed by atoms with Crippen LogP contribution in [0.1, 0.15) is 23.7 Å². The summed E-state index contributed by atoms with van der Waals surface area (Å²) in [5.74, 6) is -0.369. The minimum absolute atomic E-state index is 0.242. The third-order valence-electron chi connectivity index (χ3n) is 3.29. The van der Waals surface area contributed by atoms with E-state index in [9.17, 15) is 14.7 Å². The largest absolute Gasteiger partial charge is 0.507 e. The molecule has 0 aromatic heterocycles. The molecule has 2 unspecified atom stereocenters. The second-order valence-electron chi connectivity index (χ2n) is 4.85. The molecule has 0 spiro atoms. The van der Waals surface area contributed by atoms with Crippen molar-refractivity contribution in [3.8, 4) is 5.75 Å². The number of phenols is 1. The van der Waals surface area contributed by atoms with E-state index in [0.717, 1.165) is 6.42 Å². The number of rotatable bonds is 4. The molecular weight excluding hydrogens is 248 g/mol. The van der Waals surface area contributed by atoms with Gasteiger partial charge >= 0.3 is 12.0 Å². The van der Waals surface area contributed by atoms with Crippen molar-refractivity contribution >= 4 is 17.7 Å². The van der Waals surface area contributed by atoms with Gasteiger partial charge in [0.1, 0.15) is 11.3 Å². The van der Waals surface area contributed by atoms with Crippen LogP contribution in [0.25, 0.3) is 0 Å². The van der Waals surface area contributed by atoms with Crippen LogP contribution in [0.4, 0.5) is 10.5 Å². The van der Waals surface area contributed by atoms with Gasteiger partial charge in [-0.05, 0) is 36.5 Å². The van der Waals surface area contributed by atoms with Crippen LogP contribution in [-0.4, -0.2) is 28.8 Å². The first-order valence-corrected chi connectivity index (χ1v) is 6.08. The highest BCUT2D eigenvalue weighted by molar-refractivity contribution is 5.95. The predicted octanol–water partition coefficient (Wildman–Crippen LogP) is 1.87. The summed E-state index contributed by atoms with van der Waals surface area (Å²) in [4.78, 5) is 22.4. The number of carboxylic acids is 1. The number of carboxylic acid groups (broad SMARTS) is 1. The lowest BCUT2D eigenvalue weighted by Crippen LogP contribution is -2.30. The van der Waals surface area contributed by atoms with Crippen molar-refractivity contribution in [3.05, 3.63) is 23.8 Å². The highest BCUT2D eigenvalue weighted by Gasteiger charge is 2.32. The van der Waals surface area contributed by atoms with Crippen molar-refractivity contribution in [3.63, 3.8) is 0 Å². The summed E-state index contributed by atoms with van der Waals surface area (Å²) >= 11 is 0. The minimum Gasteiger partial charge on any atom is -0.507 e. The van der Waals surface area contributed by atoms with Gasteiger partial charge in [0, 0.05) is 12.2 Å². The summed E-state index contributed by atoms with van der Waals surface area (Å²) in [5.41, 5.74) is 0.0881. The van der Waals surface area contributed by atoms with E-state index >= 15 is 0 Å². The zero-order chi connectivity index (χ0) is 14.0. The normalized spacial score (nSPS) is 20.7. The number of carbonyl (C=O) groups is 2. The molecule has 102 valence electrons. The van der Waals surface area contributed by atoms with E-state index in [2.05, 4.69) is 17.6 Å². The summed E-state index contributed by atoms with van der Waals surface area (Å²) in [6.07, 6.45) is 1.13. The van der Waals surface area contributed by atoms with Crippen LogP contribution in [0.15, 0.2) is 18.2 Å². The number of aromatic carboxylic acids is 1. The molecule has 19 heavy (non-hydrogen) atoms. The lowest BCUT2D eigenvalue weighted by Gasteiger charge is -2.08. The van der Waals surface area contributed by atoms with Crippen molar-refractivity contribution in [1.82, 2.24) is 5.32 Å². The molecule has 0 radical (unpaired) electrons. The van der Waals surface area contributed by atoms with E-state index in [-0.39, 0.29) is 17.3 Å². The molecule has 6 nitrogen and oxygen atoms in total. The SMILES string of the molecule is CC1CC1CNC(=O)Nc1ccc(O)c(C(=O)O)c1. The molecule has 0 heterocycles. The van der Waals surface area contributed by atoms with Crippen LogP contribution in [0.2, 0.25) is 0 Å². The molecule has 1 aliphatic rings. The van der Waals surface area contributed by atoms with Crippen molar-refractivity contribution in [2.45, 2.75) is 13.3 Å². The summed E-state index contributed by atoms with van der Waals surface area (Å²) in [6.45, 7) is 2.75. The van der Waals surface area contributed by atoms with Crippen LogP contribution in [0.5, 0.6) is 5.75 Å². The van der Waals surface area contributed by atoms with Gasteiger partial charge in [-0.15, -0.1) is 0 Å². The fourth-order valence-electron chi connectivity index (χ4n) is 1.87. The number of hydrogen-bond donors (Lipinski definition) is 4. The summed E-state index contributed by atoms with van der Waals surface area (Å²) in [6, 6.07) is 3.53. The van der Waals surface area contributed by atoms with Gasteiger partial charge in [-0.1, -0.05) is 6.92 Å². The van der Waals surface area contributed by atoms with E-state index in [1.165, 1.54) is 18.2 Å². The van der Waals surface area contributed by atoms with Gasteiger partial charge in [-0.3, -0.25) is 0 Å². The third kappa shape index (κ3) is 3.37. The summed E-state index contributed by atoms with van der Waals surface area (Å²) < 4.78 is 0. The van der Waals surface area contributed by atoms with E-state index in [1.807, 2.05) is 0 Å². The highest BCUT2D eigenvalue weighted by Crippen LogP contribution is 2.36. The van der Waals surface area contributed by atoms with Crippen molar-refractivity contribution in [1.29, 1.82) is 0 Å². The fourth-order valence-corrected chi connectivity index (χ4v) is 1.87. The maximum absolute atomic E-state index is 11.6. The molecule has 6 heteroatoms. The van der Waals surface area contributed by atoms with Crippen LogP contribution in [0.3, 0.4) is 0 Å². The van der Waals surface area contributed by atoms with E-state index < -0.39 is 5.97 Å². The number of nitrogens with one attached hydrogen (secondary N) is 2. The standard InChI is InChI=1S/C13H16N2O4/c1-7-4-8(7)6-14-13(19)15-9-2-3-11(16)10(5-9)12(17)18/h2-3,5,7-8,16H,4,6H2,1H3,(H,17,18)(H2,14,15,19). The second-order valence-corrected chi connectivity index (χ2v) is 4.85. The number of benzene rings is 1. The molecule has 1 saturated carbocycles. The number of hydrogen-bond acceptors (Lipinski definition) is 3. The number of amides is 2. The molecule has 1 aromatic carbocycles.